The minimum atomic E-state index is -3.72. The summed E-state index contributed by atoms with van der Waals surface area (Å²) in [6.07, 6.45) is 1.28. The van der Waals surface area contributed by atoms with E-state index in [1.54, 1.807) is 0 Å². The fourth-order valence-electron chi connectivity index (χ4n) is 1.17. The van der Waals surface area contributed by atoms with E-state index in [0.29, 0.717) is 6.29 Å². The van der Waals surface area contributed by atoms with Crippen LogP contribution in [0.2, 0.25) is 0 Å². The van der Waals surface area contributed by atoms with E-state index in [9.17, 15) is 17.6 Å². The smallest absolute Gasteiger partial charge is 0.182 e. The SMILES string of the molecule is COc1cc(C=O)cc(F)c1S(C)(=O)=O. The Balaban J connectivity index is 3.59. The fraction of sp³-hybridized carbons (Fsp3) is 0.222. The number of ether oxygens (including phenoxy) is 1. The highest BCUT2D eigenvalue weighted by molar-refractivity contribution is 7.90. The van der Waals surface area contributed by atoms with Crippen LogP contribution in [0.4, 0.5) is 4.39 Å². The molecular weight excluding hydrogens is 223 g/mol. The van der Waals surface area contributed by atoms with Crippen molar-refractivity contribution in [2.45, 2.75) is 4.90 Å². The molecule has 0 aliphatic rings. The van der Waals surface area contributed by atoms with Crippen molar-refractivity contribution in [2.75, 3.05) is 13.4 Å². The third kappa shape index (κ3) is 2.33. The number of hydrogen-bond acceptors (Lipinski definition) is 4. The Morgan fingerprint density at radius 1 is 1.40 bits per heavy atom. The normalized spacial score (nSPS) is 11.1. The molecule has 0 saturated carbocycles. The minimum absolute atomic E-state index is 0.0248. The summed E-state index contributed by atoms with van der Waals surface area (Å²) in [5, 5.41) is 0. The molecule has 0 aliphatic heterocycles. The third-order valence-electron chi connectivity index (χ3n) is 1.76. The first-order valence-corrected chi connectivity index (χ1v) is 5.82. The van der Waals surface area contributed by atoms with Crippen LogP contribution >= 0.6 is 0 Å². The summed E-state index contributed by atoms with van der Waals surface area (Å²) >= 11 is 0. The fourth-order valence-corrected chi connectivity index (χ4v) is 2.09. The second kappa shape index (κ2) is 3.98. The first-order valence-electron chi connectivity index (χ1n) is 3.93. The Hall–Kier alpha value is -1.43. The molecule has 0 saturated heterocycles. The maximum Gasteiger partial charge on any atom is 0.182 e. The zero-order valence-electron chi connectivity index (χ0n) is 8.15. The van der Waals surface area contributed by atoms with Gasteiger partial charge in [-0.05, 0) is 12.1 Å². The van der Waals surface area contributed by atoms with Crippen molar-refractivity contribution in [2.24, 2.45) is 0 Å². The Bertz CT molecular complexity index is 493. The van der Waals surface area contributed by atoms with Gasteiger partial charge in [0.05, 0.1) is 7.11 Å². The van der Waals surface area contributed by atoms with Crippen LogP contribution in [0.15, 0.2) is 17.0 Å². The molecule has 6 heteroatoms. The van der Waals surface area contributed by atoms with Crippen molar-refractivity contribution in [3.63, 3.8) is 0 Å². The van der Waals surface area contributed by atoms with E-state index < -0.39 is 20.5 Å². The predicted molar refractivity (Wildman–Crippen MR) is 51.4 cm³/mol. The van der Waals surface area contributed by atoms with Gasteiger partial charge in [-0.1, -0.05) is 0 Å². The molecule has 1 aromatic rings. The Labute approximate surface area is 86.6 Å². The topological polar surface area (TPSA) is 60.4 Å². The van der Waals surface area contributed by atoms with Crippen molar-refractivity contribution in [1.29, 1.82) is 0 Å². The summed E-state index contributed by atoms with van der Waals surface area (Å²) in [6, 6.07) is 2.03. The van der Waals surface area contributed by atoms with Crippen molar-refractivity contribution in [1.82, 2.24) is 0 Å². The second-order valence-electron chi connectivity index (χ2n) is 2.92. The number of sulfone groups is 1. The molecule has 1 rings (SSSR count). The number of rotatable bonds is 3. The van der Waals surface area contributed by atoms with Crippen molar-refractivity contribution in [3.05, 3.63) is 23.5 Å². The average molecular weight is 232 g/mol. The van der Waals surface area contributed by atoms with Crippen LogP contribution in [0.3, 0.4) is 0 Å². The molecule has 0 spiro atoms. The summed E-state index contributed by atoms with van der Waals surface area (Å²) in [5.41, 5.74) is 0.0248. The molecule has 0 N–H and O–H groups in total. The van der Waals surface area contributed by atoms with Gasteiger partial charge < -0.3 is 4.74 Å². The number of hydrogen-bond donors (Lipinski definition) is 0. The van der Waals surface area contributed by atoms with Crippen LogP contribution < -0.4 is 4.74 Å². The van der Waals surface area contributed by atoms with Gasteiger partial charge in [0.2, 0.25) is 0 Å². The quantitative estimate of drug-likeness (QED) is 0.731. The van der Waals surface area contributed by atoms with Gasteiger partial charge in [-0.25, -0.2) is 12.8 Å². The molecule has 0 amide bonds. The molecule has 15 heavy (non-hydrogen) atoms. The second-order valence-corrected chi connectivity index (χ2v) is 4.88. The zero-order valence-corrected chi connectivity index (χ0v) is 8.97. The highest BCUT2D eigenvalue weighted by Gasteiger charge is 2.20. The van der Waals surface area contributed by atoms with E-state index in [0.717, 1.165) is 12.3 Å². The first kappa shape index (κ1) is 11.6. The number of carbonyl (C=O) groups excluding carboxylic acids is 1. The number of benzene rings is 1. The van der Waals surface area contributed by atoms with Gasteiger partial charge in [0.25, 0.3) is 0 Å². The van der Waals surface area contributed by atoms with E-state index in [1.165, 1.54) is 13.2 Å². The molecule has 0 unspecified atom stereocenters. The third-order valence-corrected chi connectivity index (χ3v) is 2.90. The summed E-state index contributed by atoms with van der Waals surface area (Å²) in [6.45, 7) is 0. The van der Waals surface area contributed by atoms with Gasteiger partial charge in [0.15, 0.2) is 9.84 Å². The van der Waals surface area contributed by atoms with Gasteiger partial charge in [-0.3, -0.25) is 4.79 Å². The van der Waals surface area contributed by atoms with Crippen LogP contribution in [-0.4, -0.2) is 28.1 Å². The maximum absolute atomic E-state index is 13.4. The molecule has 1 aromatic carbocycles. The summed E-state index contributed by atoms with van der Waals surface area (Å²) in [4.78, 5) is 9.88. The molecule has 0 fully saturated rings. The van der Waals surface area contributed by atoms with E-state index in [-0.39, 0.29) is 11.3 Å². The lowest BCUT2D eigenvalue weighted by atomic mass is 10.2. The van der Waals surface area contributed by atoms with Crippen molar-refractivity contribution < 1.29 is 22.3 Å². The maximum atomic E-state index is 13.4. The van der Waals surface area contributed by atoms with Gasteiger partial charge in [0.1, 0.15) is 22.7 Å². The van der Waals surface area contributed by atoms with Crippen LogP contribution in [0.25, 0.3) is 0 Å². The molecule has 0 atom stereocenters. The lowest BCUT2D eigenvalue weighted by molar-refractivity contribution is 0.112. The van der Waals surface area contributed by atoms with Crippen LogP contribution in [0.1, 0.15) is 10.4 Å². The van der Waals surface area contributed by atoms with E-state index >= 15 is 0 Å². The lowest BCUT2D eigenvalue weighted by Crippen LogP contribution is -2.05. The molecule has 4 nitrogen and oxygen atoms in total. The zero-order chi connectivity index (χ0) is 11.6. The molecule has 0 bridgehead atoms. The van der Waals surface area contributed by atoms with Gasteiger partial charge in [0, 0.05) is 11.8 Å². The number of methoxy groups -OCH3 is 1. The van der Waals surface area contributed by atoms with E-state index in [1.807, 2.05) is 0 Å². The van der Waals surface area contributed by atoms with Gasteiger partial charge in [-0.2, -0.15) is 0 Å². The first-order chi connectivity index (χ1) is 6.90. The lowest BCUT2D eigenvalue weighted by Gasteiger charge is -2.08. The largest absolute Gasteiger partial charge is 0.495 e. The molecule has 0 aromatic heterocycles. The standard InChI is InChI=1S/C9H9FO4S/c1-14-8-4-6(5-11)3-7(10)9(8)15(2,12)13/h3-5H,1-2H3. The Morgan fingerprint density at radius 3 is 2.40 bits per heavy atom. The van der Waals surface area contributed by atoms with E-state index in [4.69, 9.17) is 4.74 Å². The monoisotopic (exact) mass is 232 g/mol. The van der Waals surface area contributed by atoms with Crippen LogP contribution in [0.5, 0.6) is 5.75 Å². The average Bonchev–Trinajstić information content (AvgIpc) is 2.14. The van der Waals surface area contributed by atoms with Gasteiger partial charge >= 0.3 is 0 Å². The number of carbonyl (C=O) groups is 1. The molecule has 0 radical (unpaired) electrons. The summed E-state index contributed by atoms with van der Waals surface area (Å²) in [5.74, 6) is -1.15. The molecular formula is C9H9FO4S. The predicted octanol–water partition coefficient (Wildman–Crippen LogP) is 1.05. The number of halogens is 1. The molecule has 0 heterocycles. The molecule has 82 valence electrons. The summed E-state index contributed by atoms with van der Waals surface area (Å²) < 4.78 is 40.5. The highest BCUT2D eigenvalue weighted by atomic mass is 32.2. The molecule has 0 aliphatic carbocycles. The Morgan fingerprint density at radius 2 is 2.00 bits per heavy atom. The van der Waals surface area contributed by atoms with Crippen molar-refractivity contribution >= 4 is 16.1 Å². The van der Waals surface area contributed by atoms with Gasteiger partial charge in [-0.15, -0.1) is 0 Å². The minimum Gasteiger partial charge on any atom is -0.495 e. The summed E-state index contributed by atoms with van der Waals surface area (Å²) in [7, 11) is -2.51. The van der Waals surface area contributed by atoms with E-state index in [2.05, 4.69) is 0 Å². The van der Waals surface area contributed by atoms with Crippen LogP contribution in [-0.2, 0) is 9.84 Å². The Kier molecular flexibility index (Phi) is 3.09. The highest BCUT2D eigenvalue weighted by Crippen LogP contribution is 2.27. The van der Waals surface area contributed by atoms with Crippen molar-refractivity contribution in [3.8, 4) is 5.75 Å². The van der Waals surface area contributed by atoms with Crippen LogP contribution in [0, 0.1) is 5.82 Å². The number of aldehydes is 1.